The van der Waals surface area contributed by atoms with Gasteiger partial charge < -0.3 is 21.5 Å². The van der Waals surface area contributed by atoms with Crippen molar-refractivity contribution < 1.29 is 5.11 Å². The fourth-order valence-electron chi connectivity index (χ4n) is 2.65. The lowest BCUT2D eigenvalue weighted by Gasteiger charge is -2.32. The lowest BCUT2D eigenvalue weighted by molar-refractivity contribution is 0.472. The van der Waals surface area contributed by atoms with Crippen molar-refractivity contribution in [2.75, 3.05) is 6.54 Å². The van der Waals surface area contributed by atoms with Gasteiger partial charge in [0, 0.05) is 29.6 Å². The number of phenols is 1. The van der Waals surface area contributed by atoms with Crippen LogP contribution in [0.4, 0.5) is 0 Å². The minimum Gasteiger partial charge on any atom is -0.508 e. The Bertz CT molecular complexity index is 842. The monoisotopic (exact) mass is 371 g/mol. The average Bonchev–Trinajstić information content (AvgIpc) is 2.93. The molecule has 0 spiro atoms. The molecule has 1 aromatic carbocycles. The van der Waals surface area contributed by atoms with Crippen LogP contribution in [-0.4, -0.2) is 28.3 Å². The van der Waals surface area contributed by atoms with E-state index in [0.717, 1.165) is 27.7 Å². The summed E-state index contributed by atoms with van der Waals surface area (Å²) in [4.78, 5) is 10.3. The molecule has 0 saturated carbocycles. The van der Waals surface area contributed by atoms with Crippen LogP contribution in [0.25, 0.3) is 10.6 Å². The van der Waals surface area contributed by atoms with Crippen LogP contribution >= 0.6 is 11.3 Å². The van der Waals surface area contributed by atoms with Crippen LogP contribution < -0.4 is 16.4 Å². The van der Waals surface area contributed by atoms with E-state index in [1.165, 1.54) is 0 Å². The van der Waals surface area contributed by atoms with Crippen molar-refractivity contribution in [3.63, 3.8) is 0 Å². The maximum Gasteiger partial charge on any atom is 0.197 e. The van der Waals surface area contributed by atoms with E-state index in [1.807, 2.05) is 31.3 Å². The molecular weight excluding hydrogens is 346 g/mol. The maximum atomic E-state index is 9.69. The van der Waals surface area contributed by atoms with Gasteiger partial charge in [-0.05, 0) is 31.1 Å². The van der Waals surface area contributed by atoms with E-state index in [1.54, 1.807) is 23.5 Å². The molecule has 1 aromatic heterocycles. The first-order valence-electron chi connectivity index (χ1n) is 8.66. The zero-order valence-corrected chi connectivity index (χ0v) is 16.1. The zero-order valence-electron chi connectivity index (χ0n) is 15.3. The molecule has 138 valence electrons. The highest BCUT2D eigenvalue weighted by Gasteiger charge is 2.28. The number of aromatic hydroxyl groups is 1. The number of aryl methyl sites for hydroxylation is 1. The van der Waals surface area contributed by atoms with Crippen LogP contribution in [0.15, 0.2) is 41.5 Å². The molecule has 6 nitrogen and oxygen atoms in total. The summed E-state index contributed by atoms with van der Waals surface area (Å²) in [5.41, 5.74) is 7.69. The Hall–Kier alpha value is -2.38. The first kappa shape index (κ1) is 18.4. The standard InChI is InChI=1S/C19H25N5OS/c1-12(2)11-22-18-21-8-7-19(20,24-18)10-16-13(3)23-17(26-16)14-5-4-6-15(25)9-14/h4-9,12,25H,10-11,20H2,1-3H3,(H2,21,22,24). The predicted octanol–water partition coefficient (Wildman–Crippen LogP) is 2.74. The lowest BCUT2D eigenvalue weighted by atomic mass is 10.0. The summed E-state index contributed by atoms with van der Waals surface area (Å²) < 4.78 is 0. The van der Waals surface area contributed by atoms with Crippen molar-refractivity contribution in [1.82, 2.24) is 15.6 Å². The molecule has 7 heteroatoms. The van der Waals surface area contributed by atoms with Gasteiger partial charge in [-0.2, -0.15) is 0 Å². The van der Waals surface area contributed by atoms with Gasteiger partial charge in [0.1, 0.15) is 16.4 Å². The normalized spacial score (nSPS) is 21.0. The Morgan fingerprint density at radius 1 is 1.38 bits per heavy atom. The van der Waals surface area contributed by atoms with Crippen molar-refractivity contribution >= 4 is 17.3 Å². The first-order valence-corrected chi connectivity index (χ1v) is 9.48. The van der Waals surface area contributed by atoms with Crippen molar-refractivity contribution in [2.45, 2.75) is 32.9 Å². The maximum absolute atomic E-state index is 9.69. The van der Waals surface area contributed by atoms with Crippen LogP contribution in [0.5, 0.6) is 5.75 Å². The number of nitrogens with two attached hydrogens (primary N) is 1. The van der Waals surface area contributed by atoms with Crippen molar-refractivity contribution in [3.8, 4) is 16.3 Å². The molecule has 1 atom stereocenters. The van der Waals surface area contributed by atoms with Gasteiger partial charge in [0.05, 0.1) is 5.69 Å². The molecule has 0 saturated heterocycles. The van der Waals surface area contributed by atoms with E-state index >= 15 is 0 Å². The molecule has 0 radical (unpaired) electrons. The number of phenolic OH excluding ortho intramolecular Hbond substituents is 1. The van der Waals surface area contributed by atoms with Crippen molar-refractivity contribution in [2.24, 2.45) is 16.6 Å². The summed E-state index contributed by atoms with van der Waals surface area (Å²) in [5, 5.41) is 17.0. The quantitative estimate of drug-likeness (QED) is 0.648. The second-order valence-electron chi connectivity index (χ2n) is 6.98. The number of aliphatic imine (C=N–C) groups is 1. The predicted molar refractivity (Wildman–Crippen MR) is 107 cm³/mol. The molecule has 26 heavy (non-hydrogen) atoms. The van der Waals surface area contributed by atoms with Crippen molar-refractivity contribution in [3.05, 3.63) is 47.1 Å². The van der Waals surface area contributed by atoms with Gasteiger partial charge in [0.2, 0.25) is 0 Å². The van der Waals surface area contributed by atoms with Gasteiger partial charge in [-0.3, -0.25) is 4.99 Å². The molecule has 2 aromatic rings. The summed E-state index contributed by atoms with van der Waals surface area (Å²) in [6, 6.07) is 7.14. The van der Waals surface area contributed by atoms with E-state index in [0.29, 0.717) is 18.3 Å². The number of nitrogens with one attached hydrogen (secondary N) is 2. The van der Waals surface area contributed by atoms with Crippen LogP contribution in [0.2, 0.25) is 0 Å². The van der Waals surface area contributed by atoms with E-state index in [4.69, 9.17) is 5.73 Å². The fraction of sp³-hybridized carbons (Fsp3) is 0.368. The minimum atomic E-state index is -0.714. The summed E-state index contributed by atoms with van der Waals surface area (Å²) in [6.07, 6.45) is 4.35. The zero-order chi connectivity index (χ0) is 18.7. The van der Waals surface area contributed by atoms with Gasteiger partial charge in [-0.1, -0.05) is 26.0 Å². The molecule has 3 rings (SSSR count). The molecule has 5 N–H and O–H groups in total. The Morgan fingerprint density at radius 3 is 2.92 bits per heavy atom. The Kier molecular flexibility index (Phi) is 5.29. The van der Waals surface area contributed by atoms with Crippen LogP contribution in [0.1, 0.15) is 24.4 Å². The average molecular weight is 372 g/mol. The fourth-order valence-corrected chi connectivity index (χ4v) is 3.81. The largest absolute Gasteiger partial charge is 0.508 e. The van der Waals surface area contributed by atoms with Crippen molar-refractivity contribution in [1.29, 1.82) is 0 Å². The highest BCUT2D eigenvalue weighted by molar-refractivity contribution is 7.15. The Labute approximate surface area is 157 Å². The second kappa shape index (κ2) is 7.47. The topological polar surface area (TPSA) is 95.6 Å². The second-order valence-corrected chi connectivity index (χ2v) is 8.06. The molecule has 1 aliphatic heterocycles. The smallest absolute Gasteiger partial charge is 0.197 e. The number of nitrogens with zero attached hydrogens (tertiary/aromatic N) is 2. The van der Waals surface area contributed by atoms with Gasteiger partial charge >= 0.3 is 0 Å². The van der Waals surface area contributed by atoms with E-state index in [-0.39, 0.29) is 5.75 Å². The van der Waals surface area contributed by atoms with Crippen LogP contribution in [0.3, 0.4) is 0 Å². The van der Waals surface area contributed by atoms with Crippen LogP contribution in [0, 0.1) is 12.8 Å². The third-order valence-corrected chi connectivity index (χ3v) is 5.21. The highest BCUT2D eigenvalue weighted by Crippen LogP contribution is 2.31. The number of thiazole rings is 1. The molecule has 0 fully saturated rings. The SMILES string of the molecule is Cc1nc(-c2cccc(O)c2)sc1CC1(N)C=CNC(=NCC(C)C)N1. The number of hydrogen-bond acceptors (Lipinski definition) is 5. The highest BCUT2D eigenvalue weighted by atomic mass is 32.1. The molecule has 2 heterocycles. The summed E-state index contributed by atoms with van der Waals surface area (Å²) >= 11 is 1.60. The molecule has 1 aliphatic rings. The number of rotatable bonds is 5. The van der Waals surface area contributed by atoms with E-state index in [9.17, 15) is 5.11 Å². The van der Waals surface area contributed by atoms with Gasteiger partial charge in [0.25, 0.3) is 0 Å². The summed E-state index contributed by atoms with van der Waals surface area (Å²) in [6.45, 7) is 6.98. The van der Waals surface area contributed by atoms with Gasteiger partial charge in [-0.25, -0.2) is 4.98 Å². The Morgan fingerprint density at radius 2 is 2.19 bits per heavy atom. The van der Waals surface area contributed by atoms with Gasteiger partial charge in [0.15, 0.2) is 5.96 Å². The molecule has 0 bridgehead atoms. The molecular formula is C19H25N5OS. The number of benzene rings is 1. The van der Waals surface area contributed by atoms with E-state index in [2.05, 4.69) is 34.5 Å². The third kappa shape index (κ3) is 4.42. The third-order valence-electron chi connectivity index (χ3n) is 4.01. The van der Waals surface area contributed by atoms with Crippen LogP contribution in [-0.2, 0) is 6.42 Å². The lowest BCUT2D eigenvalue weighted by Crippen LogP contribution is -2.61. The minimum absolute atomic E-state index is 0.237. The Balaban J connectivity index is 1.79. The molecule has 0 amide bonds. The number of aromatic nitrogens is 1. The summed E-state index contributed by atoms with van der Waals surface area (Å²) in [7, 11) is 0. The van der Waals surface area contributed by atoms with E-state index < -0.39 is 5.66 Å². The first-order chi connectivity index (χ1) is 12.3. The summed E-state index contributed by atoms with van der Waals surface area (Å²) in [5.74, 6) is 1.41. The molecule has 0 aliphatic carbocycles. The molecule has 1 unspecified atom stereocenters. The number of hydrogen-bond donors (Lipinski definition) is 4. The van der Waals surface area contributed by atoms with Gasteiger partial charge in [-0.15, -0.1) is 11.3 Å². The number of guanidine groups is 1.